The van der Waals surface area contributed by atoms with Gasteiger partial charge in [-0.25, -0.2) is 48.9 Å². The van der Waals surface area contributed by atoms with E-state index in [1.54, 1.807) is 96.8 Å². The molecule has 3 fully saturated rings. The third-order valence-corrected chi connectivity index (χ3v) is 24.6. The Labute approximate surface area is 868 Å². The first kappa shape index (κ1) is 141. The molecule has 4 atom stereocenters. The Morgan fingerprint density at radius 1 is 0.596 bits per heavy atom. The molecule has 1 aliphatic heterocycles. The number of nitrogens with two attached hydrogens (primary N) is 2. The Morgan fingerprint density at radius 2 is 1.04 bits per heavy atom. The number of benzene rings is 3. The molecular formula is C94H146Cl4N10NaO21PS5. The third kappa shape index (κ3) is 44.3. The molecule has 6 aliphatic carbocycles. The number of halogens is 4. The predicted molar refractivity (Wildman–Crippen MR) is 557 cm³/mol. The topological polar surface area (TPSA) is 467 Å². The fourth-order valence-electron chi connectivity index (χ4n) is 13.3. The van der Waals surface area contributed by atoms with Gasteiger partial charge in [-0.2, -0.15) is 0 Å². The van der Waals surface area contributed by atoms with Crippen molar-refractivity contribution in [2.45, 2.75) is 281 Å². The molecule has 0 radical (unpaired) electrons. The van der Waals surface area contributed by atoms with Crippen LogP contribution < -0.4 is 65.9 Å². The van der Waals surface area contributed by atoms with Crippen LogP contribution in [0.5, 0.6) is 17.2 Å². The van der Waals surface area contributed by atoms with Crippen molar-refractivity contribution < 1.29 is 131 Å². The van der Waals surface area contributed by atoms with E-state index in [4.69, 9.17) is 66.6 Å². The second kappa shape index (κ2) is 69.8. The summed E-state index contributed by atoms with van der Waals surface area (Å²) in [4.78, 5) is 143. The monoisotopic (exact) mass is 2100 g/mol. The van der Waals surface area contributed by atoms with E-state index in [0.717, 1.165) is 141 Å². The number of ketones is 3. The Kier molecular flexibility index (Phi) is 72.5. The normalized spacial score (nSPS) is 14.6. The Morgan fingerprint density at radius 3 is 1.46 bits per heavy atom. The van der Waals surface area contributed by atoms with Crippen LogP contribution in [0.4, 0.5) is 16.2 Å². The standard InChI is InChI=1S/C17H28N2O6.C16H16N2O3S.C16H14N2OS.C9H11NO2S.C9H11NO2.C7H7NO2S.C5H7ClO.C4H7NO2S.11CH4.Cl3OP.Na.H2O/c1-10(2)14(18-17(23)25-12-6-4-5-7-12)15(21)19-9-11(20)8-13(19)16(22)24-3;1-9(19)11-7-6-10(21-2)8-13(11)17-15(20)16-18-12-4-3-5-14(12)22-16;1-19-11-7-5-10-6-8-13(17-14(10)9-11)16-18-12-3-2-4-15(12)20-16;1-2-12-9(11)8-10-6-4-3-5-7(6)13-8;1-6(11)8-4-3-7(12-2)5-9(8)10;9-7(10)6-8-4-2-1-3-5(4)11-6;6-4-2-1-3-5(4)7;1-2-7-4(6)3(5)8;;;;;;;;;;;;1-5(2,3)4;;/h10-14,20H,4-9H2,1-3H3,(H,18,23);6-8H,3-5H2,1-2H3,(H,17,20);5-9H,2-4H2,1H3;2-5H2,1H3;3-5H,10H2,1-2H3;1-3H2,(H,9,10);4H,1-3H2;2H2,1H3,(H2,5,8);11*1H4;;;1H2/q;;;;;;;;;;;;;;;;;;;;+1;/p-1/t11-,13-,14-;;;;;;;;;;;;;;;;;;;;;/m0...................../s1. The first-order valence-electron chi connectivity index (χ1n) is 39.6. The van der Waals surface area contributed by atoms with E-state index >= 15 is 0 Å². The number of nitrogens with zero attached hydrogens (tertiary/aromatic N) is 6. The molecule has 0 bridgehead atoms. The Hall–Kier alpha value is -7.91. The summed E-state index contributed by atoms with van der Waals surface area (Å²) in [7, 11) is 6.02. The van der Waals surface area contributed by atoms with E-state index in [1.165, 1.54) is 104 Å². The molecule has 9 N–H and O–H groups in total. The van der Waals surface area contributed by atoms with Crippen molar-refractivity contribution in [2.24, 2.45) is 11.7 Å². The van der Waals surface area contributed by atoms with Gasteiger partial charge in [-0.1, -0.05) is 114 Å². The first-order valence-corrected chi connectivity index (χ1v) is 48.1. The van der Waals surface area contributed by atoms with Gasteiger partial charge >= 0.3 is 64.7 Å². The number of fused-ring (bicyclic) bond motifs is 5. The number of thiocarbonyl (C=S) groups is 1. The summed E-state index contributed by atoms with van der Waals surface area (Å²) in [6.07, 6.45) is 18.0. The van der Waals surface area contributed by atoms with Crippen LogP contribution in [0.3, 0.4) is 0 Å². The summed E-state index contributed by atoms with van der Waals surface area (Å²) >= 11 is 29.7. The number of alkyl halides is 1. The number of carboxylic acid groups (broad SMARTS) is 1. The second-order valence-electron chi connectivity index (χ2n) is 28.6. The number of aliphatic hydroxyl groups is 1. The SMILES string of the molecule is C.C.C.C.C.C.C.C.C.C.C.CCOC(=O)C(N)=S.CCOC(=O)c1nc2c(s1)CCC2.COC(=O)[C@@H]1C[C@H](O)CN1C(=O)[C@@H](NC(=O)OC1CCCC1)C(C)C.COc1ccc(C(C)=O)c(N)c1.COc1ccc(C(C)=O)c(NC(=O)c2nc3c(s2)CCC3)c1.COc1ccc2ccc(-c3nc4c(s3)CCC4)nc2c1.O=C(O)c1nc2c(s1)CCC2.O=C1CCCC1Cl.O=P(Cl)(Cl)Cl.[Na+].[OH-]. The number of carbonyl (C=O) groups excluding carboxylic acids is 9. The van der Waals surface area contributed by atoms with Gasteiger partial charge in [0, 0.05) is 79.3 Å². The molecule has 5 aromatic heterocycles. The van der Waals surface area contributed by atoms with Crippen molar-refractivity contribution in [3.8, 4) is 28.0 Å². The van der Waals surface area contributed by atoms with Crippen molar-refractivity contribution in [1.29, 1.82) is 0 Å². The largest absolute Gasteiger partial charge is 1.00 e. The van der Waals surface area contributed by atoms with Crippen LogP contribution in [-0.2, 0) is 94.1 Å². The zero-order valence-corrected chi connectivity index (χ0v) is 81.1. The molecule has 31 nitrogen and oxygen atoms in total. The van der Waals surface area contributed by atoms with Crippen molar-refractivity contribution in [3.05, 3.63) is 135 Å². The average Bonchev–Trinajstić information content (AvgIpc) is 1.60. The van der Waals surface area contributed by atoms with Gasteiger partial charge in [0.2, 0.25) is 15.9 Å². The summed E-state index contributed by atoms with van der Waals surface area (Å²) < 4.78 is 44.2. The number of aromatic carboxylic acids is 1. The summed E-state index contributed by atoms with van der Waals surface area (Å²) in [6.45, 7) is 10.8. The van der Waals surface area contributed by atoms with Gasteiger partial charge < -0.3 is 75.8 Å². The number of rotatable bonds is 17. The number of hydrogen-bond acceptors (Lipinski definition) is 31. The summed E-state index contributed by atoms with van der Waals surface area (Å²) in [5.41, 5.74) is 18.7. The zero-order valence-electron chi connectivity index (χ0n) is 71.1. The number of β-amino-alcohol motifs (C(OH)–C–C–N with tert-alkyl or cyclic N) is 1. The molecule has 15 rings (SSSR count). The van der Waals surface area contributed by atoms with E-state index in [9.17, 15) is 57.6 Å². The number of thiazole rings is 4. The fraction of sp³-hybridized carbons (Fsp3) is 0.532. The maximum absolute atomic E-state index is 12.9. The molecule has 1 saturated heterocycles. The van der Waals surface area contributed by atoms with Gasteiger partial charge in [0.15, 0.2) is 27.3 Å². The van der Waals surface area contributed by atoms with Crippen LogP contribution in [0, 0.1) is 5.92 Å². The molecule has 1 unspecified atom stereocenters. The van der Waals surface area contributed by atoms with E-state index < -0.39 is 53.3 Å². The van der Waals surface area contributed by atoms with Crippen LogP contribution >= 0.6 is 108 Å². The molecule has 8 aromatic rings. The number of aryl methyl sites for hydroxylation is 8. The minimum Gasteiger partial charge on any atom is -0.870 e. The molecule has 136 heavy (non-hydrogen) atoms. The minimum atomic E-state index is -3.22. The van der Waals surface area contributed by atoms with Crippen molar-refractivity contribution >= 4 is 194 Å². The number of alkyl carbamates (subject to hydrolysis) is 1. The molecule has 2 saturated carbocycles. The van der Waals surface area contributed by atoms with Gasteiger partial charge in [0.1, 0.15) is 40.4 Å². The molecule has 42 heteroatoms. The molecule has 3 aromatic carbocycles. The number of hydrogen-bond donors (Lipinski definition) is 6. The Bertz CT molecular complexity index is 5020. The number of aliphatic hydroxyl groups excluding tert-OH is 1. The van der Waals surface area contributed by atoms with Crippen LogP contribution in [0.1, 0.15) is 293 Å². The summed E-state index contributed by atoms with van der Waals surface area (Å²) in [6, 6.07) is 18.5. The van der Waals surface area contributed by atoms with Crippen molar-refractivity contribution in [2.75, 3.05) is 59.2 Å². The Balaban J connectivity index is -0.000000281. The number of likely N-dealkylation sites (tertiary alicyclic amines) is 1. The van der Waals surface area contributed by atoms with Crippen LogP contribution in [0.2, 0.25) is 0 Å². The first-order chi connectivity index (χ1) is 58.5. The number of anilines is 2. The number of pyridine rings is 1. The minimum absolute atomic E-state index is 0. The number of ether oxygens (including phenoxy) is 7. The second-order valence-corrected chi connectivity index (χ2v) is 40.5. The maximum atomic E-state index is 12.9. The van der Waals surface area contributed by atoms with Gasteiger partial charge in [0.05, 0.1) is 92.8 Å². The van der Waals surface area contributed by atoms with Crippen molar-refractivity contribution in [1.82, 2.24) is 35.1 Å². The van der Waals surface area contributed by atoms with E-state index in [0.29, 0.717) is 63.7 Å². The summed E-state index contributed by atoms with van der Waals surface area (Å²) in [5.74, 6) is -1.07. The number of Topliss-reactive ketones (excluding diaryl/α,β-unsaturated/α-hetero) is 3. The van der Waals surface area contributed by atoms with Crippen molar-refractivity contribution in [3.63, 3.8) is 0 Å². The number of methoxy groups -OCH3 is 4. The molecule has 6 heterocycles. The smallest absolute Gasteiger partial charge is 0.870 e. The number of aromatic nitrogens is 5. The van der Waals surface area contributed by atoms with E-state index in [2.05, 4.69) is 88.4 Å². The number of carboxylic acids is 1. The van der Waals surface area contributed by atoms with Crippen LogP contribution in [-0.4, -0.2) is 187 Å². The van der Waals surface area contributed by atoms with Gasteiger partial charge in [-0.05, 0) is 225 Å². The maximum Gasteiger partial charge on any atom is 1.00 e. The van der Waals surface area contributed by atoms with Crippen LogP contribution in [0.15, 0.2) is 66.7 Å². The molecule has 3 amide bonds. The molecule has 0 spiro atoms. The molecule has 762 valence electrons. The van der Waals surface area contributed by atoms with E-state index in [1.807, 2.05) is 18.2 Å². The third-order valence-electron chi connectivity index (χ3n) is 19.3. The van der Waals surface area contributed by atoms with Gasteiger partial charge in [0.25, 0.3) is 5.91 Å². The number of nitrogen functional groups attached to an aromatic ring is 1. The van der Waals surface area contributed by atoms with Gasteiger partial charge in [-0.15, -0.1) is 56.9 Å². The average molecular weight is 2110 g/mol. The summed E-state index contributed by atoms with van der Waals surface area (Å²) in [5, 5.41) is 23.8. The van der Waals surface area contributed by atoms with Gasteiger partial charge in [-0.3, -0.25) is 28.5 Å². The van der Waals surface area contributed by atoms with Crippen LogP contribution in [0.25, 0.3) is 21.6 Å². The zero-order chi connectivity index (χ0) is 90.4. The number of esters is 3. The quantitative estimate of drug-likeness (QED) is 0.00720. The van der Waals surface area contributed by atoms with E-state index in [-0.39, 0.29) is 186 Å². The fourth-order valence-corrected chi connectivity index (χ4v) is 17.8. The number of nitrogens with one attached hydrogen (secondary N) is 2. The number of amides is 3. The predicted octanol–water partition coefficient (Wildman–Crippen LogP) is 20.2. The molecular weight excluding hydrogens is 1960 g/mol. The number of carbonyl (C=O) groups is 10. The molecule has 7 aliphatic rings.